The Morgan fingerprint density at radius 2 is 1.73 bits per heavy atom. The number of nitrogens with zero attached hydrogens (tertiary/aromatic N) is 1. The molecule has 2 amide bonds. The molecule has 0 aliphatic rings. The molecule has 2 rings (SSSR count). The quantitative estimate of drug-likeness (QED) is 0.301. The van der Waals surface area contributed by atoms with Gasteiger partial charge in [-0.3, -0.25) is 19.7 Å². The third-order valence-electron chi connectivity index (χ3n) is 4.70. The topological polar surface area (TPSA) is 137 Å². The Morgan fingerprint density at radius 1 is 1.06 bits per heavy atom. The van der Waals surface area contributed by atoms with Crippen molar-refractivity contribution in [1.82, 2.24) is 5.32 Å². The van der Waals surface area contributed by atoms with Gasteiger partial charge in [0.2, 0.25) is 11.8 Å². The molecule has 0 saturated carbocycles. The molecule has 0 aliphatic carbocycles. The SMILES string of the molecule is CCOC(=O)[C@H](Cc1ccc(OC)c([N+](=O)[O-])c1)NC(=O)CCC(=O)Nc1ccc(C)cc1. The van der Waals surface area contributed by atoms with E-state index in [4.69, 9.17) is 9.47 Å². The van der Waals surface area contributed by atoms with Gasteiger partial charge in [-0.05, 0) is 37.6 Å². The van der Waals surface area contributed by atoms with Crippen molar-refractivity contribution in [3.63, 3.8) is 0 Å². The molecule has 1 atom stereocenters. The Balaban J connectivity index is 2.01. The molecular formula is C23H27N3O7. The Kier molecular flexibility index (Phi) is 9.34. The van der Waals surface area contributed by atoms with Crippen LogP contribution in [-0.2, 0) is 25.5 Å². The number of ether oxygens (including phenoxy) is 2. The highest BCUT2D eigenvalue weighted by atomic mass is 16.6. The lowest BCUT2D eigenvalue weighted by atomic mass is 10.0. The van der Waals surface area contributed by atoms with E-state index < -0.39 is 22.8 Å². The molecule has 10 nitrogen and oxygen atoms in total. The van der Waals surface area contributed by atoms with Gasteiger partial charge in [0.25, 0.3) is 0 Å². The maximum absolute atomic E-state index is 12.4. The third-order valence-corrected chi connectivity index (χ3v) is 4.70. The zero-order valence-electron chi connectivity index (χ0n) is 18.8. The summed E-state index contributed by atoms with van der Waals surface area (Å²) in [5.41, 5.74) is 1.87. The van der Waals surface area contributed by atoms with Crippen molar-refractivity contribution < 1.29 is 28.8 Å². The molecule has 0 bridgehead atoms. The second kappa shape index (κ2) is 12.2. The van der Waals surface area contributed by atoms with Crippen LogP contribution in [0.4, 0.5) is 11.4 Å². The molecule has 0 aromatic heterocycles. The average Bonchev–Trinajstić information content (AvgIpc) is 2.79. The van der Waals surface area contributed by atoms with Crippen LogP contribution in [0.5, 0.6) is 5.75 Å². The highest BCUT2D eigenvalue weighted by molar-refractivity contribution is 5.94. The summed E-state index contributed by atoms with van der Waals surface area (Å²) in [6, 6.07) is 10.4. The zero-order chi connectivity index (χ0) is 24.4. The first-order chi connectivity index (χ1) is 15.7. The number of carbonyl (C=O) groups is 3. The normalized spacial score (nSPS) is 11.2. The number of methoxy groups -OCH3 is 1. The van der Waals surface area contributed by atoms with E-state index in [9.17, 15) is 24.5 Å². The molecular weight excluding hydrogens is 430 g/mol. The third kappa shape index (κ3) is 7.91. The van der Waals surface area contributed by atoms with Crippen molar-refractivity contribution in [3.05, 3.63) is 63.7 Å². The molecule has 0 heterocycles. The van der Waals surface area contributed by atoms with Gasteiger partial charge in [0.05, 0.1) is 18.6 Å². The molecule has 2 N–H and O–H groups in total. The molecule has 0 aliphatic heterocycles. The van der Waals surface area contributed by atoms with E-state index >= 15 is 0 Å². The Hall–Kier alpha value is -3.95. The van der Waals surface area contributed by atoms with E-state index in [1.54, 1.807) is 25.1 Å². The maximum Gasteiger partial charge on any atom is 0.328 e. The maximum atomic E-state index is 12.4. The highest BCUT2D eigenvalue weighted by Crippen LogP contribution is 2.28. The van der Waals surface area contributed by atoms with E-state index in [1.165, 1.54) is 19.2 Å². The van der Waals surface area contributed by atoms with Gasteiger partial charge in [0.1, 0.15) is 6.04 Å². The summed E-state index contributed by atoms with van der Waals surface area (Å²) in [6.45, 7) is 3.66. The van der Waals surface area contributed by atoms with Gasteiger partial charge in [-0.2, -0.15) is 0 Å². The van der Waals surface area contributed by atoms with Crippen molar-refractivity contribution in [3.8, 4) is 5.75 Å². The number of aryl methyl sites for hydroxylation is 1. The van der Waals surface area contributed by atoms with Crippen molar-refractivity contribution >= 4 is 29.2 Å². The number of hydrogen-bond acceptors (Lipinski definition) is 7. The summed E-state index contributed by atoms with van der Waals surface area (Å²) < 4.78 is 10.0. The van der Waals surface area contributed by atoms with Crippen LogP contribution in [-0.4, -0.2) is 42.5 Å². The number of rotatable bonds is 11. The predicted molar refractivity (Wildman–Crippen MR) is 121 cm³/mol. The second-order valence-electron chi connectivity index (χ2n) is 7.25. The first-order valence-electron chi connectivity index (χ1n) is 10.4. The number of esters is 1. The largest absolute Gasteiger partial charge is 0.490 e. The molecule has 0 radical (unpaired) electrons. The summed E-state index contributed by atoms with van der Waals surface area (Å²) in [6.07, 6.45) is -0.245. The van der Waals surface area contributed by atoms with Crippen LogP contribution in [0.15, 0.2) is 42.5 Å². The molecule has 176 valence electrons. The average molecular weight is 457 g/mol. The summed E-state index contributed by atoms with van der Waals surface area (Å²) in [7, 11) is 1.32. The summed E-state index contributed by atoms with van der Waals surface area (Å²) in [4.78, 5) is 47.5. The lowest BCUT2D eigenvalue weighted by molar-refractivity contribution is -0.385. The van der Waals surface area contributed by atoms with E-state index in [1.807, 2.05) is 19.1 Å². The standard InChI is InChI=1S/C23H27N3O7/c1-4-33-23(29)18(13-16-7-10-20(32-3)19(14-16)26(30)31)25-22(28)12-11-21(27)24-17-8-5-15(2)6-9-17/h5-10,14,18H,4,11-13H2,1-3H3,(H,24,27)(H,25,28)/t18-/m0/s1. The fourth-order valence-electron chi connectivity index (χ4n) is 3.03. The van der Waals surface area contributed by atoms with Crippen LogP contribution < -0.4 is 15.4 Å². The van der Waals surface area contributed by atoms with Crippen LogP contribution in [0, 0.1) is 17.0 Å². The molecule has 33 heavy (non-hydrogen) atoms. The number of nitro benzene ring substituents is 1. The molecule has 10 heteroatoms. The molecule has 0 spiro atoms. The summed E-state index contributed by atoms with van der Waals surface area (Å²) >= 11 is 0. The van der Waals surface area contributed by atoms with Gasteiger partial charge in [-0.1, -0.05) is 23.8 Å². The molecule has 2 aromatic carbocycles. The first-order valence-corrected chi connectivity index (χ1v) is 10.4. The molecule has 0 unspecified atom stereocenters. The van der Waals surface area contributed by atoms with E-state index in [2.05, 4.69) is 10.6 Å². The number of nitro groups is 1. The van der Waals surface area contributed by atoms with Crippen LogP contribution >= 0.6 is 0 Å². The lowest BCUT2D eigenvalue weighted by Gasteiger charge is -2.17. The Morgan fingerprint density at radius 3 is 2.33 bits per heavy atom. The lowest BCUT2D eigenvalue weighted by Crippen LogP contribution is -2.43. The number of carbonyl (C=O) groups excluding carboxylic acids is 3. The monoisotopic (exact) mass is 457 g/mol. The molecule has 2 aromatic rings. The smallest absolute Gasteiger partial charge is 0.328 e. The number of nitrogens with one attached hydrogen (secondary N) is 2. The van der Waals surface area contributed by atoms with E-state index in [-0.39, 0.29) is 43.2 Å². The van der Waals surface area contributed by atoms with Crippen LogP contribution in [0.3, 0.4) is 0 Å². The second-order valence-corrected chi connectivity index (χ2v) is 7.25. The summed E-state index contributed by atoms with van der Waals surface area (Å²) in [5.74, 6) is -1.45. The van der Waals surface area contributed by atoms with Gasteiger partial charge in [0.15, 0.2) is 5.75 Å². The zero-order valence-corrected chi connectivity index (χ0v) is 18.8. The number of benzene rings is 2. The Bertz CT molecular complexity index is 1010. The van der Waals surface area contributed by atoms with E-state index in [0.29, 0.717) is 11.3 Å². The van der Waals surface area contributed by atoms with Crippen LogP contribution in [0.25, 0.3) is 0 Å². The van der Waals surface area contributed by atoms with Gasteiger partial charge in [-0.25, -0.2) is 4.79 Å². The van der Waals surface area contributed by atoms with Crippen LogP contribution in [0.2, 0.25) is 0 Å². The van der Waals surface area contributed by atoms with Crippen molar-refractivity contribution in [2.24, 2.45) is 0 Å². The number of hydrogen-bond donors (Lipinski definition) is 2. The van der Waals surface area contributed by atoms with Gasteiger partial charge in [-0.15, -0.1) is 0 Å². The van der Waals surface area contributed by atoms with Gasteiger partial charge < -0.3 is 20.1 Å². The fourth-order valence-corrected chi connectivity index (χ4v) is 3.03. The fraction of sp³-hybridized carbons (Fsp3) is 0.348. The van der Waals surface area contributed by atoms with Crippen LogP contribution in [0.1, 0.15) is 30.9 Å². The number of anilines is 1. The van der Waals surface area contributed by atoms with Gasteiger partial charge >= 0.3 is 11.7 Å². The molecule has 0 fully saturated rings. The van der Waals surface area contributed by atoms with Gasteiger partial charge in [0, 0.05) is 31.0 Å². The minimum absolute atomic E-state index is 0.0228. The Labute approximate surface area is 191 Å². The predicted octanol–water partition coefficient (Wildman–Crippen LogP) is 2.92. The van der Waals surface area contributed by atoms with Crippen molar-refractivity contribution in [2.75, 3.05) is 19.0 Å². The molecule has 0 saturated heterocycles. The van der Waals surface area contributed by atoms with Crippen molar-refractivity contribution in [1.29, 1.82) is 0 Å². The first kappa shape index (κ1) is 25.3. The highest BCUT2D eigenvalue weighted by Gasteiger charge is 2.24. The minimum atomic E-state index is -1.06. The van der Waals surface area contributed by atoms with E-state index in [0.717, 1.165) is 5.56 Å². The number of amides is 2. The van der Waals surface area contributed by atoms with Crippen molar-refractivity contribution in [2.45, 2.75) is 39.2 Å². The minimum Gasteiger partial charge on any atom is -0.490 e. The summed E-state index contributed by atoms with van der Waals surface area (Å²) in [5, 5.41) is 16.5.